The number of rotatable bonds is 3. The van der Waals surface area contributed by atoms with E-state index >= 15 is 0 Å². The molecule has 1 aliphatic rings. The highest BCUT2D eigenvalue weighted by Gasteiger charge is 2.35. The summed E-state index contributed by atoms with van der Waals surface area (Å²) in [5, 5.41) is 12.4. The molecule has 1 amide bonds. The number of aromatic carboxylic acids is 1. The lowest BCUT2D eigenvalue weighted by atomic mass is 9.88. The lowest BCUT2D eigenvalue weighted by Crippen LogP contribution is -2.23. The van der Waals surface area contributed by atoms with Gasteiger partial charge in [-0.2, -0.15) is 0 Å². The van der Waals surface area contributed by atoms with Crippen molar-refractivity contribution >= 4 is 28.9 Å². The summed E-state index contributed by atoms with van der Waals surface area (Å²) in [5.41, 5.74) is 1.24. The van der Waals surface area contributed by atoms with Crippen LogP contribution in [0.1, 0.15) is 32.5 Å². The molecule has 2 N–H and O–H groups in total. The molecule has 27 heavy (non-hydrogen) atoms. The summed E-state index contributed by atoms with van der Waals surface area (Å²) in [6.45, 7) is 0. The van der Waals surface area contributed by atoms with Gasteiger partial charge in [0.15, 0.2) is 0 Å². The molecule has 1 aliphatic heterocycles. The number of carboxylic acid groups (broad SMARTS) is 1. The van der Waals surface area contributed by atoms with Gasteiger partial charge in [-0.15, -0.1) is 11.3 Å². The van der Waals surface area contributed by atoms with E-state index in [0.717, 1.165) is 11.3 Å². The van der Waals surface area contributed by atoms with E-state index in [1.54, 1.807) is 24.3 Å². The smallest absolute Gasteiger partial charge is 0.346 e. The second-order valence-corrected chi connectivity index (χ2v) is 7.24. The fourth-order valence-electron chi connectivity index (χ4n) is 3.37. The van der Waals surface area contributed by atoms with Crippen molar-refractivity contribution in [2.45, 2.75) is 12.3 Å². The van der Waals surface area contributed by atoms with E-state index in [-0.39, 0.29) is 22.8 Å². The molecular formula is C20H13F2NO3S. The quantitative estimate of drug-likeness (QED) is 0.676. The second-order valence-electron chi connectivity index (χ2n) is 6.19. The first-order valence-electron chi connectivity index (χ1n) is 8.16. The van der Waals surface area contributed by atoms with Crippen molar-refractivity contribution in [2.24, 2.45) is 0 Å². The highest BCUT2D eigenvalue weighted by molar-refractivity contribution is 7.15. The number of thiophene rings is 1. The van der Waals surface area contributed by atoms with Crippen molar-refractivity contribution in [1.82, 2.24) is 0 Å². The fraction of sp³-hybridized carbons (Fsp3) is 0.100. The first-order valence-corrected chi connectivity index (χ1v) is 8.97. The van der Waals surface area contributed by atoms with Crippen LogP contribution in [0.25, 0.3) is 11.1 Å². The third-order valence-electron chi connectivity index (χ3n) is 4.49. The zero-order valence-electron chi connectivity index (χ0n) is 13.8. The number of fused-ring (bicyclic) bond motifs is 1. The summed E-state index contributed by atoms with van der Waals surface area (Å²) in [6, 6.07) is 11.6. The van der Waals surface area contributed by atoms with Crippen molar-refractivity contribution < 1.29 is 23.5 Å². The molecule has 0 unspecified atom stereocenters. The first-order chi connectivity index (χ1) is 13.0. The summed E-state index contributed by atoms with van der Waals surface area (Å²) in [5.74, 6) is -3.10. The molecule has 0 saturated heterocycles. The Morgan fingerprint density at radius 2 is 1.93 bits per heavy atom. The molecule has 0 aliphatic carbocycles. The van der Waals surface area contributed by atoms with Crippen molar-refractivity contribution in [3.05, 3.63) is 75.5 Å². The number of carbonyl (C=O) groups excluding carboxylic acids is 1. The van der Waals surface area contributed by atoms with Crippen molar-refractivity contribution in [3.8, 4) is 11.1 Å². The van der Waals surface area contributed by atoms with Crippen molar-refractivity contribution in [3.63, 3.8) is 0 Å². The number of amides is 1. The zero-order chi connectivity index (χ0) is 19.1. The molecule has 136 valence electrons. The van der Waals surface area contributed by atoms with E-state index < -0.39 is 23.5 Å². The third-order valence-corrected chi connectivity index (χ3v) is 5.79. The number of halogens is 2. The van der Waals surface area contributed by atoms with Gasteiger partial charge >= 0.3 is 5.97 Å². The monoisotopic (exact) mass is 385 g/mol. The molecule has 0 bridgehead atoms. The maximum absolute atomic E-state index is 14.3. The highest BCUT2D eigenvalue weighted by Crippen LogP contribution is 2.49. The number of nitrogens with one attached hydrogen (secondary N) is 1. The van der Waals surface area contributed by atoms with Crippen LogP contribution < -0.4 is 5.32 Å². The van der Waals surface area contributed by atoms with Crippen LogP contribution >= 0.6 is 11.3 Å². The van der Waals surface area contributed by atoms with Gasteiger partial charge in [0, 0.05) is 22.8 Å². The summed E-state index contributed by atoms with van der Waals surface area (Å²) < 4.78 is 28.1. The second kappa shape index (κ2) is 6.59. The summed E-state index contributed by atoms with van der Waals surface area (Å²) >= 11 is 0.981. The molecule has 2 aromatic carbocycles. The predicted molar refractivity (Wildman–Crippen MR) is 98.2 cm³/mol. The summed E-state index contributed by atoms with van der Waals surface area (Å²) in [6.07, 6.45) is 0.0100. The van der Waals surface area contributed by atoms with E-state index in [2.05, 4.69) is 5.32 Å². The Bertz CT molecular complexity index is 1080. The number of carbonyl (C=O) groups is 2. The Kier molecular flexibility index (Phi) is 4.24. The minimum atomic E-state index is -1.19. The number of anilines is 1. The molecule has 4 rings (SSSR count). The Balaban J connectivity index is 1.97. The van der Waals surface area contributed by atoms with Gasteiger partial charge in [-0.1, -0.05) is 30.3 Å². The summed E-state index contributed by atoms with van der Waals surface area (Å²) in [7, 11) is 0. The maximum Gasteiger partial charge on any atom is 0.346 e. The number of benzene rings is 2. The van der Waals surface area contributed by atoms with Crippen LogP contribution in [0, 0.1) is 11.6 Å². The largest absolute Gasteiger partial charge is 0.477 e. The van der Waals surface area contributed by atoms with Gasteiger partial charge in [0.05, 0.1) is 5.69 Å². The van der Waals surface area contributed by atoms with Gasteiger partial charge in [-0.3, -0.25) is 4.79 Å². The number of hydrogen-bond donors (Lipinski definition) is 2. The minimum Gasteiger partial charge on any atom is -0.477 e. The third kappa shape index (κ3) is 3.00. The minimum absolute atomic E-state index is 0.0100. The van der Waals surface area contributed by atoms with Gasteiger partial charge < -0.3 is 10.4 Å². The molecular weight excluding hydrogens is 372 g/mol. The molecule has 0 saturated carbocycles. The van der Waals surface area contributed by atoms with Gasteiger partial charge in [-0.05, 0) is 29.3 Å². The molecule has 4 nitrogen and oxygen atoms in total. The molecule has 2 heterocycles. The Labute approximate surface area is 157 Å². The van der Waals surface area contributed by atoms with E-state index in [0.29, 0.717) is 21.7 Å². The molecule has 7 heteroatoms. The van der Waals surface area contributed by atoms with Gasteiger partial charge in [0.25, 0.3) is 0 Å². The van der Waals surface area contributed by atoms with Crippen LogP contribution in [-0.4, -0.2) is 17.0 Å². The van der Waals surface area contributed by atoms with Gasteiger partial charge in [-0.25, -0.2) is 13.6 Å². The van der Waals surface area contributed by atoms with Crippen molar-refractivity contribution in [1.29, 1.82) is 0 Å². The molecule has 0 fully saturated rings. The molecule has 0 radical (unpaired) electrons. The van der Waals surface area contributed by atoms with Crippen LogP contribution in [0.5, 0.6) is 0 Å². The van der Waals surface area contributed by atoms with Crippen LogP contribution in [0.4, 0.5) is 14.5 Å². The van der Waals surface area contributed by atoms with Crippen molar-refractivity contribution in [2.75, 3.05) is 5.32 Å². The van der Waals surface area contributed by atoms with E-state index in [4.69, 9.17) is 0 Å². The van der Waals surface area contributed by atoms with Crippen LogP contribution in [0.2, 0.25) is 0 Å². The lowest BCUT2D eigenvalue weighted by molar-refractivity contribution is -0.116. The normalized spacial score (nSPS) is 15.9. The average molecular weight is 385 g/mol. The zero-order valence-corrected chi connectivity index (χ0v) is 14.6. The number of carboxylic acids is 1. The molecule has 3 aromatic rings. The predicted octanol–water partition coefficient (Wildman–Crippen LogP) is 4.87. The maximum atomic E-state index is 14.3. The highest BCUT2D eigenvalue weighted by atomic mass is 32.1. The Morgan fingerprint density at radius 3 is 2.63 bits per heavy atom. The van der Waals surface area contributed by atoms with E-state index in [9.17, 15) is 23.5 Å². The summed E-state index contributed by atoms with van der Waals surface area (Å²) in [4.78, 5) is 24.7. The van der Waals surface area contributed by atoms with Gasteiger partial charge in [0.1, 0.15) is 16.5 Å². The van der Waals surface area contributed by atoms with E-state index in [1.165, 1.54) is 24.3 Å². The molecule has 1 atom stereocenters. The Morgan fingerprint density at radius 1 is 1.15 bits per heavy atom. The van der Waals surface area contributed by atoms with Crippen LogP contribution in [0.3, 0.4) is 0 Å². The number of hydrogen-bond acceptors (Lipinski definition) is 3. The SMILES string of the molecule is O=C1C[C@@H](c2ccccc2F)c2sc(C(=O)O)c(-c3cccc(F)c3)c2N1. The topological polar surface area (TPSA) is 66.4 Å². The average Bonchev–Trinajstić information content (AvgIpc) is 3.01. The van der Waals surface area contributed by atoms with E-state index in [1.807, 2.05) is 0 Å². The molecule has 0 spiro atoms. The van der Waals surface area contributed by atoms with Crippen LogP contribution in [0.15, 0.2) is 48.5 Å². The molecule has 1 aromatic heterocycles. The standard InChI is InChI=1S/C20H13F2NO3S/c21-11-5-3-4-10(8-11)16-17-18(27-19(16)20(25)26)13(9-15(24)23-17)12-6-1-2-7-14(12)22/h1-8,13H,9H2,(H,23,24)(H,25,26)/t13-/m0/s1. The van der Waals surface area contributed by atoms with Gasteiger partial charge in [0.2, 0.25) is 5.91 Å². The first kappa shape index (κ1) is 17.4. The Hall–Kier alpha value is -3.06. The lowest BCUT2D eigenvalue weighted by Gasteiger charge is -2.24. The fourth-order valence-corrected chi connectivity index (χ4v) is 4.60. The van der Waals surface area contributed by atoms with Crippen LogP contribution in [-0.2, 0) is 4.79 Å².